The van der Waals surface area contributed by atoms with Crippen molar-refractivity contribution in [3.63, 3.8) is 0 Å². The Labute approximate surface area is 116 Å². The molecule has 0 amide bonds. The summed E-state index contributed by atoms with van der Waals surface area (Å²) < 4.78 is 0. The fourth-order valence-electron chi connectivity index (χ4n) is 2.59. The molecular weight excluding hydrogens is 230 g/mol. The number of benzene rings is 2. The molecule has 0 bridgehead atoms. The normalized spacial score (nSPS) is 12.4. The molecule has 2 N–H and O–H groups in total. The van der Waals surface area contributed by atoms with E-state index in [0.717, 1.165) is 19.4 Å². The van der Waals surface area contributed by atoms with Crippen LogP contribution in [0.5, 0.6) is 0 Å². The van der Waals surface area contributed by atoms with Gasteiger partial charge in [-0.15, -0.1) is 0 Å². The first-order chi connectivity index (χ1) is 9.20. The molecule has 2 aromatic carbocycles. The lowest BCUT2D eigenvalue weighted by molar-refractivity contribution is 0.630. The van der Waals surface area contributed by atoms with E-state index in [0.29, 0.717) is 5.92 Å². The highest BCUT2D eigenvalue weighted by Gasteiger charge is 2.12. The Morgan fingerprint density at radius 3 is 2.42 bits per heavy atom. The van der Waals surface area contributed by atoms with Gasteiger partial charge in [0.05, 0.1) is 0 Å². The molecule has 100 valence electrons. The molecule has 2 rings (SSSR count). The van der Waals surface area contributed by atoms with Crippen LogP contribution in [0.3, 0.4) is 0 Å². The maximum Gasteiger partial charge on any atom is -0.000802 e. The Kier molecular flexibility index (Phi) is 4.75. The number of hydrogen-bond donors (Lipinski definition) is 1. The van der Waals surface area contributed by atoms with Crippen molar-refractivity contribution in [1.82, 2.24) is 0 Å². The second-order valence-electron chi connectivity index (χ2n) is 5.32. The molecule has 1 unspecified atom stereocenters. The molecular formula is C18H23N. The zero-order chi connectivity index (χ0) is 13.7. The van der Waals surface area contributed by atoms with E-state index in [-0.39, 0.29) is 0 Å². The van der Waals surface area contributed by atoms with Crippen LogP contribution in [0.4, 0.5) is 0 Å². The number of rotatable bonds is 5. The fourth-order valence-corrected chi connectivity index (χ4v) is 2.59. The molecule has 0 saturated heterocycles. The molecule has 1 heteroatoms. The highest BCUT2D eigenvalue weighted by atomic mass is 14.5. The highest BCUT2D eigenvalue weighted by Crippen LogP contribution is 2.25. The van der Waals surface area contributed by atoms with Gasteiger partial charge in [-0.25, -0.2) is 0 Å². The van der Waals surface area contributed by atoms with E-state index in [2.05, 4.69) is 62.4 Å². The highest BCUT2D eigenvalue weighted by molar-refractivity contribution is 5.33. The SMILES string of the molecule is Cc1ccc(C)c(C(CN)CCc2ccccc2)c1. The smallest absolute Gasteiger partial charge is 0.000802 e. The molecule has 0 saturated carbocycles. The van der Waals surface area contributed by atoms with E-state index in [4.69, 9.17) is 5.73 Å². The van der Waals surface area contributed by atoms with Crippen molar-refractivity contribution < 1.29 is 0 Å². The molecule has 0 fully saturated rings. The Morgan fingerprint density at radius 1 is 1.00 bits per heavy atom. The average Bonchev–Trinajstić information content (AvgIpc) is 2.44. The van der Waals surface area contributed by atoms with Gasteiger partial charge < -0.3 is 5.73 Å². The van der Waals surface area contributed by atoms with Crippen LogP contribution < -0.4 is 5.73 Å². The molecule has 1 nitrogen and oxygen atoms in total. The zero-order valence-corrected chi connectivity index (χ0v) is 11.9. The lowest BCUT2D eigenvalue weighted by atomic mass is 9.88. The van der Waals surface area contributed by atoms with E-state index >= 15 is 0 Å². The summed E-state index contributed by atoms with van der Waals surface area (Å²) in [4.78, 5) is 0. The summed E-state index contributed by atoms with van der Waals surface area (Å²) in [6.45, 7) is 5.05. The minimum absolute atomic E-state index is 0.458. The summed E-state index contributed by atoms with van der Waals surface area (Å²) in [7, 11) is 0. The standard InChI is InChI=1S/C18H23N/c1-14-8-9-15(2)18(12-14)17(13-19)11-10-16-6-4-3-5-7-16/h3-9,12,17H,10-11,13,19H2,1-2H3. The lowest BCUT2D eigenvalue weighted by Crippen LogP contribution is -2.14. The second kappa shape index (κ2) is 6.53. The molecule has 0 heterocycles. The van der Waals surface area contributed by atoms with Gasteiger partial charge in [0.1, 0.15) is 0 Å². The molecule has 0 spiro atoms. The van der Waals surface area contributed by atoms with Crippen molar-refractivity contribution >= 4 is 0 Å². The maximum absolute atomic E-state index is 5.99. The minimum atomic E-state index is 0.458. The van der Waals surface area contributed by atoms with Crippen LogP contribution in [0.15, 0.2) is 48.5 Å². The predicted octanol–water partition coefficient (Wildman–Crippen LogP) is 3.98. The number of aryl methyl sites for hydroxylation is 3. The van der Waals surface area contributed by atoms with E-state index in [1.54, 1.807) is 0 Å². The third-order valence-corrected chi connectivity index (χ3v) is 3.78. The molecule has 0 aromatic heterocycles. The van der Waals surface area contributed by atoms with Crippen molar-refractivity contribution in [1.29, 1.82) is 0 Å². The van der Waals surface area contributed by atoms with Crippen LogP contribution in [0.25, 0.3) is 0 Å². The van der Waals surface area contributed by atoms with Crippen molar-refractivity contribution in [3.8, 4) is 0 Å². The summed E-state index contributed by atoms with van der Waals surface area (Å²) in [5, 5.41) is 0. The van der Waals surface area contributed by atoms with Gasteiger partial charge >= 0.3 is 0 Å². The summed E-state index contributed by atoms with van der Waals surface area (Å²) in [6.07, 6.45) is 2.21. The van der Waals surface area contributed by atoms with Crippen LogP contribution in [0.1, 0.15) is 34.6 Å². The van der Waals surface area contributed by atoms with Crippen molar-refractivity contribution in [2.45, 2.75) is 32.6 Å². The van der Waals surface area contributed by atoms with Crippen molar-refractivity contribution in [3.05, 3.63) is 70.8 Å². The quantitative estimate of drug-likeness (QED) is 0.857. The van der Waals surface area contributed by atoms with E-state index in [9.17, 15) is 0 Å². The Hall–Kier alpha value is -1.60. The second-order valence-corrected chi connectivity index (χ2v) is 5.32. The summed E-state index contributed by atoms with van der Waals surface area (Å²) in [5.74, 6) is 0.458. The molecule has 0 aliphatic carbocycles. The molecule has 0 aliphatic rings. The third-order valence-electron chi connectivity index (χ3n) is 3.78. The van der Waals surface area contributed by atoms with Gasteiger partial charge in [-0.2, -0.15) is 0 Å². The van der Waals surface area contributed by atoms with Crippen LogP contribution in [0.2, 0.25) is 0 Å². The molecule has 0 aliphatic heterocycles. The first-order valence-electron chi connectivity index (χ1n) is 7.02. The van der Waals surface area contributed by atoms with Gasteiger partial charge in [-0.05, 0) is 55.8 Å². The maximum atomic E-state index is 5.99. The van der Waals surface area contributed by atoms with Gasteiger partial charge in [0, 0.05) is 0 Å². The van der Waals surface area contributed by atoms with E-state index in [1.807, 2.05) is 0 Å². The summed E-state index contributed by atoms with van der Waals surface area (Å²) >= 11 is 0. The predicted molar refractivity (Wildman–Crippen MR) is 82.5 cm³/mol. The van der Waals surface area contributed by atoms with Crippen molar-refractivity contribution in [2.24, 2.45) is 5.73 Å². The van der Waals surface area contributed by atoms with Crippen LogP contribution in [-0.4, -0.2) is 6.54 Å². The van der Waals surface area contributed by atoms with Crippen LogP contribution in [0, 0.1) is 13.8 Å². The van der Waals surface area contributed by atoms with Gasteiger partial charge in [0.2, 0.25) is 0 Å². The largest absolute Gasteiger partial charge is 0.330 e. The van der Waals surface area contributed by atoms with E-state index < -0.39 is 0 Å². The Morgan fingerprint density at radius 2 is 1.74 bits per heavy atom. The fraction of sp³-hybridized carbons (Fsp3) is 0.333. The van der Waals surface area contributed by atoms with Gasteiger partial charge in [-0.1, -0.05) is 54.1 Å². The summed E-state index contributed by atoms with van der Waals surface area (Å²) in [6, 6.07) is 17.3. The zero-order valence-electron chi connectivity index (χ0n) is 11.9. The monoisotopic (exact) mass is 253 g/mol. The third kappa shape index (κ3) is 3.68. The van der Waals surface area contributed by atoms with Gasteiger partial charge in [-0.3, -0.25) is 0 Å². The first kappa shape index (κ1) is 13.8. The van der Waals surface area contributed by atoms with E-state index in [1.165, 1.54) is 22.3 Å². The lowest BCUT2D eigenvalue weighted by Gasteiger charge is -2.18. The molecule has 2 aromatic rings. The van der Waals surface area contributed by atoms with Crippen LogP contribution >= 0.6 is 0 Å². The number of nitrogens with two attached hydrogens (primary N) is 1. The topological polar surface area (TPSA) is 26.0 Å². The van der Waals surface area contributed by atoms with Gasteiger partial charge in [0.25, 0.3) is 0 Å². The Bertz CT molecular complexity index is 516. The molecule has 19 heavy (non-hydrogen) atoms. The van der Waals surface area contributed by atoms with Gasteiger partial charge in [0.15, 0.2) is 0 Å². The summed E-state index contributed by atoms with van der Waals surface area (Å²) in [5.41, 5.74) is 11.5. The van der Waals surface area contributed by atoms with Crippen LogP contribution in [-0.2, 0) is 6.42 Å². The molecule has 1 atom stereocenters. The number of hydrogen-bond acceptors (Lipinski definition) is 1. The van der Waals surface area contributed by atoms with Crippen molar-refractivity contribution in [2.75, 3.05) is 6.54 Å². The Balaban J connectivity index is 2.10. The average molecular weight is 253 g/mol. The molecule has 0 radical (unpaired) electrons. The first-order valence-corrected chi connectivity index (χ1v) is 7.02. The minimum Gasteiger partial charge on any atom is -0.330 e.